The number of carboxylic acids is 1. The molecule has 0 aliphatic rings. The van der Waals surface area contributed by atoms with Gasteiger partial charge in [0.25, 0.3) is 0 Å². The van der Waals surface area contributed by atoms with Crippen LogP contribution in [0.25, 0.3) is 0 Å². The van der Waals surface area contributed by atoms with Crippen molar-refractivity contribution >= 4 is 14.0 Å². The number of hydrogen-bond donors (Lipinski definition) is 2. The van der Waals surface area contributed by atoms with Gasteiger partial charge in [0.05, 0.1) is 5.56 Å². The van der Waals surface area contributed by atoms with Crippen LogP contribution in [0.15, 0.2) is 18.2 Å². The zero-order valence-electron chi connectivity index (χ0n) is 14.7. The fourth-order valence-corrected chi connectivity index (χ4v) is 2.80. The van der Waals surface area contributed by atoms with Gasteiger partial charge in [-0.3, -0.25) is 0 Å². The summed E-state index contributed by atoms with van der Waals surface area (Å²) >= 11 is 0. The number of hydrogen-bond acceptors (Lipinski definition) is 2. The molecule has 0 aliphatic carbocycles. The number of rotatable bonds is 3. The van der Waals surface area contributed by atoms with E-state index in [1.54, 1.807) is 6.07 Å². The van der Waals surface area contributed by atoms with Crippen LogP contribution in [-0.2, 0) is 10.3 Å². The van der Waals surface area contributed by atoms with Crippen LogP contribution >= 0.6 is 0 Å². The summed E-state index contributed by atoms with van der Waals surface area (Å²) in [5.41, 5.74) is 7.83. The molecule has 0 saturated heterocycles. The third-order valence-electron chi connectivity index (χ3n) is 3.25. The molecule has 0 aromatic heterocycles. The van der Waals surface area contributed by atoms with Crippen LogP contribution in [0.1, 0.15) is 38.3 Å². The molecular weight excluding hydrogens is 309 g/mol. The lowest BCUT2D eigenvalue weighted by atomic mass is 9.76. The normalized spacial score (nSPS) is 14.6. The maximum atomic E-state index is 14.3. The predicted molar refractivity (Wildman–Crippen MR) is 94.2 cm³/mol. The Bertz CT molecular complexity index is 662. The van der Waals surface area contributed by atoms with Crippen LogP contribution in [-0.4, -0.2) is 19.1 Å². The highest BCUT2D eigenvalue weighted by Crippen LogP contribution is 2.33. The van der Waals surface area contributed by atoms with E-state index >= 15 is 0 Å². The second kappa shape index (κ2) is 6.46. The molecule has 1 unspecified atom stereocenters. The van der Waals surface area contributed by atoms with Crippen LogP contribution < -0.4 is 5.73 Å². The van der Waals surface area contributed by atoms with Crippen molar-refractivity contribution in [2.24, 2.45) is 11.1 Å². The number of benzene rings is 1. The second-order valence-electron chi connectivity index (χ2n) is 8.21. The summed E-state index contributed by atoms with van der Waals surface area (Å²) in [5.74, 6) is 1.17. The number of carbonyl (C=O) groups is 1. The van der Waals surface area contributed by atoms with Crippen LogP contribution in [0.4, 0.5) is 4.39 Å². The highest BCUT2D eigenvalue weighted by Gasteiger charge is 2.40. The Morgan fingerprint density at radius 2 is 1.87 bits per heavy atom. The molecule has 0 amide bonds. The molecule has 3 N–H and O–H groups in total. The minimum absolute atomic E-state index is 0.203. The number of halogens is 1. The van der Waals surface area contributed by atoms with Crippen molar-refractivity contribution in [1.29, 1.82) is 0 Å². The molecule has 3 nitrogen and oxygen atoms in total. The Labute approximate surface area is 139 Å². The van der Waals surface area contributed by atoms with Gasteiger partial charge in [-0.25, -0.2) is 9.18 Å². The van der Waals surface area contributed by atoms with E-state index in [2.05, 4.69) is 31.1 Å². The van der Waals surface area contributed by atoms with Crippen LogP contribution in [0.5, 0.6) is 0 Å². The first-order valence-corrected chi connectivity index (χ1v) is 11.1. The van der Waals surface area contributed by atoms with Gasteiger partial charge in [-0.05, 0) is 29.5 Å². The Morgan fingerprint density at radius 1 is 1.30 bits per heavy atom. The summed E-state index contributed by atoms with van der Waals surface area (Å²) < 4.78 is 14.3. The van der Waals surface area contributed by atoms with Gasteiger partial charge in [-0.15, -0.1) is 5.54 Å². The van der Waals surface area contributed by atoms with Gasteiger partial charge in [-0.2, -0.15) is 0 Å². The highest BCUT2D eigenvalue weighted by atomic mass is 28.3. The molecule has 1 aromatic rings. The van der Waals surface area contributed by atoms with Gasteiger partial charge in [0.2, 0.25) is 0 Å². The van der Waals surface area contributed by atoms with E-state index in [0.717, 1.165) is 0 Å². The second-order valence-corrected chi connectivity index (χ2v) is 13.0. The standard InChI is InChI=1S/C18H26FNO2Si/c1-17(2,3)12-18(20,16(21)22)14-8-7-13(15(19)11-14)9-10-23(4,5)6/h7-8,11H,12,20H2,1-6H3,(H,21,22). The molecule has 126 valence electrons. The minimum atomic E-state index is -1.62. The van der Waals surface area contributed by atoms with Crippen molar-refractivity contribution in [2.45, 2.75) is 52.4 Å². The summed E-state index contributed by atoms with van der Waals surface area (Å²) in [6.45, 7) is 11.9. The van der Waals surface area contributed by atoms with Crippen molar-refractivity contribution in [1.82, 2.24) is 0 Å². The van der Waals surface area contributed by atoms with Gasteiger partial charge in [0, 0.05) is 0 Å². The third kappa shape index (κ3) is 5.49. The largest absolute Gasteiger partial charge is 0.480 e. The number of aliphatic carboxylic acids is 1. The molecule has 0 fully saturated rings. The fourth-order valence-electron chi connectivity index (χ4n) is 2.29. The number of nitrogens with two attached hydrogens (primary N) is 1. The molecule has 0 heterocycles. The highest BCUT2D eigenvalue weighted by molar-refractivity contribution is 6.83. The van der Waals surface area contributed by atoms with Gasteiger partial charge >= 0.3 is 5.97 Å². The summed E-state index contributed by atoms with van der Waals surface area (Å²) in [7, 11) is -1.61. The summed E-state index contributed by atoms with van der Waals surface area (Å²) in [5, 5.41) is 9.55. The van der Waals surface area contributed by atoms with Crippen molar-refractivity contribution in [3.8, 4) is 11.5 Å². The van der Waals surface area contributed by atoms with Crippen LogP contribution in [0.3, 0.4) is 0 Å². The molecule has 5 heteroatoms. The van der Waals surface area contributed by atoms with Gasteiger partial charge < -0.3 is 10.8 Å². The topological polar surface area (TPSA) is 63.3 Å². The van der Waals surface area contributed by atoms with E-state index in [4.69, 9.17) is 5.73 Å². The van der Waals surface area contributed by atoms with Crippen LogP contribution in [0, 0.1) is 22.7 Å². The monoisotopic (exact) mass is 335 g/mol. The van der Waals surface area contributed by atoms with E-state index < -0.39 is 25.4 Å². The summed E-state index contributed by atoms with van der Waals surface area (Å²) in [4.78, 5) is 11.7. The van der Waals surface area contributed by atoms with Crippen molar-refractivity contribution < 1.29 is 14.3 Å². The average molecular weight is 335 g/mol. The number of carboxylic acid groups (broad SMARTS) is 1. The first-order valence-electron chi connectivity index (χ1n) is 7.60. The van der Waals surface area contributed by atoms with Crippen LogP contribution in [0.2, 0.25) is 19.6 Å². The van der Waals surface area contributed by atoms with Crippen molar-refractivity contribution in [2.75, 3.05) is 0 Å². The maximum Gasteiger partial charge on any atom is 0.328 e. The van der Waals surface area contributed by atoms with Gasteiger partial charge in [-0.1, -0.05) is 52.4 Å². The predicted octanol–water partition coefficient (Wildman–Crippen LogP) is 3.73. The molecule has 0 spiro atoms. The Hall–Kier alpha value is -1.64. The zero-order chi connectivity index (χ0) is 18.1. The van der Waals surface area contributed by atoms with Gasteiger partial charge in [0.1, 0.15) is 19.4 Å². The molecule has 0 saturated carbocycles. The quantitative estimate of drug-likeness (QED) is 0.653. The lowest BCUT2D eigenvalue weighted by Gasteiger charge is -2.32. The zero-order valence-corrected chi connectivity index (χ0v) is 15.7. The van der Waals surface area contributed by atoms with E-state index in [1.807, 2.05) is 20.8 Å². The van der Waals surface area contributed by atoms with Crippen molar-refractivity contribution in [3.63, 3.8) is 0 Å². The first-order chi connectivity index (χ1) is 10.2. The third-order valence-corrected chi connectivity index (χ3v) is 4.12. The maximum absolute atomic E-state index is 14.3. The lowest BCUT2D eigenvalue weighted by Crippen LogP contribution is -2.47. The van der Waals surface area contributed by atoms with E-state index in [-0.39, 0.29) is 23.0 Å². The van der Waals surface area contributed by atoms with E-state index in [9.17, 15) is 14.3 Å². The summed E-state index contributed by atoms with van der Waals surface area (Å²) in [6.07, 6.45) is 0.203. The minimum Gasteiger partial charge on any atom is -0.480 e. The molecule has 1 atom stereocenters. The first kappa shape index (κ1) is 19.4. The molecule has 1 rings (SSSR count). The molecular formula is C18H26FNO2Si. The smallest absolute Gasteiger partial charge is 0.328 e. The van der Waals surface area contributed by atoms with Crippen molar-refractivity contribution in [3.05, 3.63) is 35.1 Å². The molecule has 1 aromatic carbocycles. The SMILES string of the molecule is CC(C)(C)CC(N)(C(=O)O)c1ccc(C#C[Si](C)(C)C)c(F)c1. The molecule has 0 aliphatic heterocycles. The fraction of sp³-hybridized carbons (Fsp3) is 0.500. The Kier molecular flexibility index (Phi) is 5.45. The molecule has 0 bridgehead atoms. The average Bonchev–Trinajstić information content (AvgIpc) is 2.33. The Morgan fingerprint density at radius 3 is 2.26 bits per heavy atom. The molecule has 23 heavy (non-hydrogen) atoms. The van der Waals surface area contributed by atoms with Gasteiger partial charge in [0.15, 0.2) is 0 Å². The Balaban J connectivity index is 3.30. The summed E-state index contributed by atoms with van der Waals surface area (Å²) in [6, 6.07) is 4.29. The lowest BCUT2D eigenvalue weighted by molar-refractivity contribution is -0.145. The van der Waals surface area contributed by atoms with E-state index in [1.165, 1.54) is 12.1 Å². The molecule has 0 radical (unpaired) electrons. The van der Waals surface area contributed by atoms with E-state index in [0.29, 0.717) is 0 Å².